The molecule has 3 aliphatic rings. The van der Waals surface area contributed by atoms with Gasteiger partial charge in [-0.1, -0.05) is 19.3 Å². The van der Waals surface area contributed by atoms with E-state index in [9.17, 15) is 0 Å². The first-order valence-electron chi connectivity index (χ1n) is 9.56. The Labute approximate surface area is 149 Å². The van der Waals surface area contributed by atoms with Crippen LogP contribution in [-0.2, 0) is 30.5 Å². The van der Waals surface area contributed by atoms with E-state index in [0.29, 0.717) is 12.5 Å². The number of likely N-dealkylation sites (tertiary alicyclic amines) is 1. The molecular weight excluding hydrogens is 312 g/mol. The summed E-state index contributed by atoms with van der Waals surface area (Å²) in [5, 5.41) is 0. The van der Waals surface area contributed by atoms with Gasteiger partial charge in [-0.15, -0.1) is 0 Å². The fourth-order valence-electron chi connectivity index (χ4n) is 4.70. The number of nitrogens with zero attached hydrogens (tertiary/aromatic N) is 4. The predicted molar refractivity (Wildman–Crippen MR) is 95.0 cm³/mol. The third kappa shape index (κ3) is 2.61. The minimum Gasteiger partial charge on any atom is -0.361 e. The number of aryl methyl sites for hydroxylation is 1. The second-order valence-electron chi connectivity index (χ2n) is 7.96. The second kappa shape index (κ2) is 5.92. The summed E-state index contributed by atoms with van der Waals surface area (Å²) < 4.78 is 8.41. The number of ether oxygens (including phenoxy) is 1. The van der Waals surface area contributed by atoms with Crippen LogP contribution in [0, 0.1) is 0 Å². The molecule has 2 aliphatic heterocycles. The molecular formula is C20H26N4O. The maximum Gasteiger partial charge on any atom is 0.131 e. The predicted octanol–water partition coefficient (Wildman–Crippen LogP) is 3.10. The lowest BCUT2D eigenvalue weighted by Crippen LogP contribution is -2.58. The van der Waals surface area contributed by atoms with Gasteiger partial charge in [0.2, 0.25) is 0 Å². The van der Waals surface area contributed by atoms with Gasteiger partial charge in [-0.05, 0) is 25.0 Å². The van der Waals surface area contributed by atoms with Crippen LogP contribution in [0.2, 0.25) is 0 Å². The monoisotopic (exact) mass is 338 g/mol. The molecule has 4 heterocycles. The van der Waals surface area contributed by atoms with E-state index in [4.69, 9.17) is 14.7 Å². The Hall–Kier alpha value is -1.72. The molecule has 2 aromatic rings. The molecule has 2 fully saturated rings. The largest absolute Gasteiger partial charge is 0.361 e. The molecule has 0 radical (unpaired) electrons. The van der Waals surface area contributed by atoms with Crippen LogP contribution >= 0.6 is 0 Å². The Morgan fingerprint density at radius 2 is 2.08 bits per heavy atom. The van der Waals surface area contributed by atoms with E-state index in [1.807, 2.05) is 0 Å². The summed E-state index contributed by atoms with van der Waals surface area (Å²) in [6, 6.07) is 4.29. The SMILES string of the molecule is Cn1cccc1CN1CC2(C1)OCc1nc(C3CCCCC3)ncc12. The average Bonchev–Trinajstić information content (AvgIpc) is 3.19. The van der Waals surface area contributed by atoms with Gasteiger partial charge in [0.1, 0.15) is 11.4 Å². The van der Waals surface area contributed by atoms with Gasteiger partial charge in [0.15, 0.2) is 0 Å². The van der Waals surface area contributed by atoms with Crippen LogP contribution < -0.4 is 0 Å². The molecule has 1 saturated heterocycles. The number of rotatable bonds is 3. The smallest absolute Gasteiger partial charge is 0.131 e. The Bertz CT molecular complexity index is 772. The van der Waals surface area contributed by atoms with Crippen molar-refractivity contribution >= 4 is 0 Å². The van der Waals surface area contributed by atoms with E-state index in [0.717, 1.165) is 31.2 Å². The average molecular weight is 338 g/mol. The first-order valence-corrected chi connectivity index (χ1v) is 9.56. The van der Waals surface area contributed by atoms with E-state index in [1.165, 1.54) is 43.4 Å². The zero-order chi connectivity index (χ0) is 16.9. The van der Waals surface area contributed by atoms with Gasteiger partial charge in [-0.2, -0.15) is 0 Å². The molecule has 0 unspecified atom stereocenters. The molecule has 25 heavy (non-hydrogen) atoms. The molecule has 5 nitrogen and oxygen atoms in total. The van der Waals surface area contributed by atoms with Gasteiger partial charge in [0, 0.05) is 56.3 Å². The minimum absolute atomic E-state index is 0.161. The summed E-state index contributed by atoms with van der Waals surface area (Å²) in [6.07, 6.45) is 10.7. The molecule has 0 N–H and O–H groups in total. The topological polar surface area (TPSA) is 43.2 Å². The van der Waals surface area contributed by atoms with E-state index < -0.39 is 0 Å². The lowest BCUT2D eigenvalue weighted by atomic mass is 9.86. The van der Waals surface area contributed by atoms with Crippen LogP contribution in [0.3, 0.4) is 0 Å². The molecule has 2 aromatic heterocycles. The van der Waals surface area contributed by atoms with Crippen molar-refractivity contribution in [2.45, 2.75) is 56.8 Å². The molecule has 0 aromatic carbocycles. The molecule has 1 spiro atoms. The standard InChI is InChI=1S/C20H26N4O/c1-23-9-5-8-16(23)11-24-13-20(14-24)17-10-21-19(22-18(17)12-25-20)15-6-3-2-4-7-15/h5,8-10,15H,2-4,6-7,11-14H2,1H3. The molecule has 132 valence electrons. The summed E-state index contributed by atoms with van der Waals surface area (Å²) in [5.74, 6) is 1.62. The van der Waals surface area contributed by atoms with E-state index >= 15 is 0 Å². The maximum atomic E-state index is 6.22. The van der Waals surface area contributed by atoms with Gasteiger partial charge < -0.3 is 9.30 Å². The highest BCUT2D eigenvalue weighted by atomic mass is 16.5. The van der Waals surface area contributed by atoms with Crippen molar-refractivity contribution in [3.63, 3.8) is 0 Å². The highest BCUT2D eigenvalue weighted by Gasteiger charge is 2.51. The number of hydrogen-bond acceptors (Lipinski definition) is 4. The summed E-state index contributed by atoms with van der Waals surface area (Å²) in [7, 11) is 2.10. The summed E-state index contributed by atoms with van der Waals surface area (Å²) >= 11 is 0. The Morgan fingerprint density at radius 3 is 2.84 bits per heavy atom. The van der Waals surface area contributed by atoms with Crippen molar-refractivity contribution in [2.24, 2.45) is 7.05 Å². The van der Waals surface area contributed by atoms with Crippen molar-refractivity contribution < 1.29 is 4.74 Å². The molecule has 0 amide bonds. The van der Waals surface area contributed by atoms with Gasteiger partial charge in [0.05, 0.1) is 12.3 Å². The third-order valence-corrected chi connectivity index (χ3v) is 6.23. The van der Waals surface area contributed by atoms with Crippen molar-refractivity contribution in [2.75, 3.05) is 13.1 Å². The Morgan fingerprint density at radius 1 is 1.24 bits per heavy atom. The Balaban J connectivity index is 1.30. The fraction of sp³-hybridized carbons (Fsp3) is 0.600. The summed E-state index contributed by atoms with van der Waals surface area (Å²) in [4.78, 5) is 12.1. The van der Waals surface area contributed by atoms with Crippen molar-refractivity contribution in [3.8, 4) is 0 Å². The fourth-order valence-corrected chi connectivity index (χ4v) is 4.70. The van der Waals surface area contributed by atoms with Crippen LogP contribution in [0.5, 0.6) is 0 Å². The van der Waals surface area contributed by atoms with Crippen molar-refractivity contribution in [1.29, 1.82) is 0 Å². The van der Waals surface area contributed by atoms with Crippen molar-refractivity contribution in [1.82, 2.24) is 19.4 Å². The molecule has 5 heteroatoms. The van der Waals surface area contributed by atoms with Gasteiger partial charge in [-0.25, -0.2) is 9.97 Å². The first kappa shape index (κ1) is 15.5. The van der Waals surface area contributed by atoms with Crippen LogP contribution in [0.1, 0.15) is 60.8 Å². The number of hydrogen-bond donors (Lipinski definition) is 0. The molecule has 5 rings (SSSR count). The normalized spacial score (nSPS) is 22.9. The molecule has 1 aliphatic carbocycles. The van der Waals surface area contributed by atoms with E-state index in [2.05, 4.69) is 41.0 Å². The van der Waals surface area contributed by atoms with Crippen LogP contribution in [0.4, 0.5) is 0 Å². The second-order valence-corrected chi connectivity index (χ2v) is 7.96. The molecule has 0 atom stereocenters. The van der Waals surface area contributed by atoms with Gasteiger partial charge in [0.25, 0.3) is 0 Å². The number of fused-ring (bicyclic) bond motifs is 2. The highest BCUT2D eigenvalue weighted by Crippen LogP contribution is 2.43. The zero-order valence-corrected chi connectivity index (χ0v) is 14.9. The minimum atomic E-state index is -0.161. The quantitative estimate of drug-likeness (QED) is 0.862. The highest BCUT2D eigenvalue weighted by molar-refractivity contribution is 5.33. The molecule has 1 saturated carbocycles. The van der Waals surface area contributed by atoms with Gasteiger partial charge in [-0.3, -0.25) is 4.90 Å². The van der Waals surface area contributed by atoms with Crippen LogP contribution in [-0.4, -0.2) is 32.5 Å². The van der Waals surface area contributed by atoms with Crippen LogP contribution in [0.25, 0.3) is 0 Å². The first-order chi connectivity index (χ1) is 12.2. The lowest BCUT2D eigenvalue weighted by molar-refractivity contribution is -0.145. The van der Waals surface area contributed by atoms with E-state index in [1.54, 1.807) is 0 Å². The third-order valence-electron chi connectivity index (χ3n) is 6.23. The number of aromatic nitrogens is 3. The van der Waals surface area contributed by atoms with E-state index in [-0.39, 0.29) is 5.60 Å². The lowest BCUT2D eigenvalue weighted by Gasteiger charge is -2.47. The van der Waals surface area contributed by atoms with Crippen molar-refractivity contribution in [3.05, 3.63) is 47.3 Å². The summed E-state index contributed by atoms with van der Waals surface area (Å²) in [6.45, 7) is 3.51. The maximum absolute atomic E-state index is 6.22. The van der Waals surface area contributed by atoms with Crippen LogP contribution in [0.15, 0.2) is 24.5 Å². The Kier molecular flexibility index (Phi) is 3.68. The zero-order valence-electron chi connectivity index (χ0n) is 14.9. The summed E-state index contributed by atoms with van der Waals surface area (Å²) in [5.41, 5.74) is 3.55. The molecule has 0 bridgehead atoms. The van der Waals surface area contributed by atoms with Gasteiger partial charge >= 0.3 is 0 Å².